The van der Waals surface area contributed by atoms with Gasteiger partial charge < -0.3 is 9.84 Å². The van der Waals surface area contributed by atoms with Gasteiger partial charge in [0.1, 0.15) is 18.5 Å². The minimum absolute atomic E-state index is 0.0605. The molecule has 1 atom stereocenters. The van der Waals surface area contributed by atoms with Crippen LogP contribution in [0.25, 0.3) is 0 Å². The van der Waals surface area contributed by atoms with Gasteiger partial charge in [0.25, 0.3) is 0 Å². The number of hydrogen-bond acceptors (Lipinski definition) is 4. The van der Waals surface area contributed by atoms with Crippen molar-refractivity contribution in [3.63, 3.8) is 0 Å². The first-order valence-corrected chi connectivity index (χ1v) is 7.70. The molecular formula is C18H21NO3. The highest BCUT2D eigenvalue weighted by Crippen LogP contribution is 2.27. The van der Waals surface area contributed by atoms with E-state index in [2.05, 4.69) is 12.1 Å². The smallest absolute Gasteiger partial charge is 0.162 e. The van der Waals surface area contributed by atoms with Gasteiger partial charge in [-0.25, -0.2) is 0 Å². The van der Waals surface area contributed by atoms with E-state index in [9.17, 15) is 9.90 Å². The molecule has 2 rings (SSSR count). The summed E-state index contributed by atoms with van der Waals surface area (Å²) in [5, 5.41) is 18.6. The highest BCUT2D eigenvalue weighted by molar-refractivity contribution is 5.96. The van der Waals surface area contributed by atoms with Gasteiger partial charge in [0.2, 0.25) is 0 Å². The molecule has 1 aliphatic carbocycles. The number of rotatable bonds is 7. The number of ether oxygens (including phenoxy) is 1. The Hall–Kier alpha value is -2.12. The number of nitrogens with zero attached hydrogens (tertiary/aromatic N) is 1. The van der Waals surface area contributed by atoms with Crippen molar-refractivity contribution in [1.82, 2.24) is 0 Å². The van der Waals surface area contributed by atoms with E-state index in [1.54, 1.807) is 0 Å². The van der Waals surface area contributed by atoms with E-state index >= 15 is 0 Å². The summed E-state index contributed by atoms with van der Waals surface area (Å²) in [6.45, 7) is 0.221. The number of carbonyl (C=O) groups excluding carboxylic acids is 1. The Balaban J connectivity index is 2.00. The summed E-state index contributed by atoms with van der Waals surface area (Å²) < 4.78 is 5.51. The number of aryl methyl sites for hydroxylation is 1. The van der Waals surface area contributed by atoms with Crippen molar-refractivity contribution in [3.05, 3.63) is 47.2 Å². The molecular weight excluding hydrogens is 278 g/mol. The van der Waals surface area contributed by atoms with Crippen LogP contribution < -0.4 is 0 Å². The Bertz CT molecular complexity index is 572. The average molecular weight is 299 g/mol. The van der Waals surface area contributed by atoms with Gasteiger partial charge in [-0.3, -0.25) is 4.79 Å². The zero-order valence-corrected chi connectivity index (χ0v) is 12.6. The zero-order valence-electron chi connectivity index (χ0n) is 12.6. The van der Waals surface area contributed by atoms with E-state index in [-0.39, 0.29) is 18.8 Å². The van der Waals surface area contributed by atoms with Gasteiger partial charge in [0.15, 0.2) is 5.78 Å². The van der Waals surface area contributed by atoms with E-state index in [0.717, 1.165) is 12.8 Å². The predicted octanol–water partition coefficient (Wildman–Crippen LogP) is 2.92. The zero-order chi connectivity index (χ0) is 15.8. The second-order valence-corrected chi connectivity index (χ2v) is 5.42. The monoisotopic (exact) mass is 299 g/mol. The maximum Gasteiger partial charge on any atom is 0.162 e. The number of allylic oxidation sites excluding steroid dienone is 1. The number of nitriles is 1. The normalized spacial score (nSPS) is 18.2. The SMILES string of the molecule is N#CCCOC1=C(CCCc2ccccc2)C(=O)CCC1O. The standard InChI is InChI=1S/C18H21NO3/c19-12-5-13-22-18-15(16(20)10-11-17(18)21)9-4-8-14-6-2-1-3-7-14/h1-3,6-7,17,21H,4-5,8-11,13H2. The van der Waals surface area contributed by atoms with E-state index in [1.807, 2.05) is 24.3 Å². The van der Waals surface area contributed by atoms with Crippen molar-refractivity contribution >= 4 is 5.78 Å². The maximum atomic E-state index is 12.1. The summed E-state index contributed by atoms with van der Waals surface area (Å²) in [5.74, 6) is 0.449. The minimum atomic E-state index is -0.719. The molecule has 0 fully saturated rings. The van der Waals surface area contributed by atoms with E-state index in [0.29, 0.717) is 30.6 Å². The number of aliphatic hydroxyl groups is 1. The Labute approximate surface area is 131 Å². The van der Waals surface area contributed by atoms with Crippen molar-refractivity contribution in [3.8, 4) is 6.07 Å². The molecule has 0 bridgehead atoms. The summed E-state index contributed by atoms with van der Waals surface area (Å²) in [6.07, 6.45) is 2.63. The van der Waals surface area contributed by atoms with E-state index in [4.69, 9.17) is 10.00 Å². The van der Waals surface area contributed by atoms with Gasteiger partial charge in [0, 0.05) is 12.0 Å². The van der Waals surface area contributed by atoms with Crippen LogP contribution in [0.5, 0.6) is 0 Å². The third-order valence-electron chi connectivity index (χ3n) is 3.79. The number of ketones is 1. The largest absolute Gasteiger partial charge is 0.494 e. The van der Waals surface area contributed by atoms with Gasteiger partial charge >= 0.3 is 0 Å². The second kappa shape index (κ2) is 8.35. The van der Waals surface area contributed by atoms with Crippen molar-refractivity contribution in [2.24, 2.45) is 0 Å². The van der Waals surface area contributed by atoms with Gasteiger partial charge in [-0.15, -0.1) is 0 Å². The average Bonchev–Trinajstić information content (AvgIpc) is 2.54. The molecule has 0 heterocycles. The number of aliphatic hydroxyl groups excluding tert-OH is 1. The van der Waals surface area contributed by atoms with Crippen LogP contribution in [0.3, 0.4) is 0 Å². The second-order valence-electron chi connectivity index (χ2n) is 5.42. The lowest BCUT2D eigenvalue weighted by Crippen LogP contribution is -2.25. The molecule has 1 N–H and O–H groups in total. The molecule has 22 heavy (non-hydrogen) atoms. The van der Waals surface area contributed by atoms with Gasteiger partial charge in [-0.2, -0.15) is 5.26 Å². The fraction of sp³-hybridized carbons (Fsp3) is 0.444. The molecule has 1 aromatic carbocycles. The van der Waals surface area contributed by atoms with Crippen LogP contribution >= 0.6 is 0 Å². The minimum Gasteiger partial charge on any atom is -0.494 e. The molecule has 4 nitrogen and oxygen atoms in total. The highest BCUT2D eigenvalue weighted by Gasteiger charge is 2.28. The Morgan fingerprint density at radius 2 is 2.05 bits per heavy atom. The molecule has 1 aliphatic rings. The first-order valence-electron chi connectivity index (χ1n) is 7.70. The molecule has 0 aromatic heterocycles. The van der Waals surface area contributed by atoms with Crippen LogP contribution in [0.2, 0.25) is 0 Å². The van der Waals surface area contributed by atoms with E-state index in [1.165, 1.54) is 5.56 Å². The highest BCUT2D eigenvalue weighted by atomic mass is 16.5. The molecule has 0 radical (unpaired) electrons. The summed E-state index contributed by atoms with van der Waals surface area (Å²) in [7, 11) is 0. The number of carbonyl (C=O) groups is 1. The molecule has 0 saturated carbocycles. The third kappa shape index (κ3) is 4.44. The molecule has 116 valence electrons. The van der Waals surface area contributed by atoms with Crippen LogP contribution in [0.1, 0.15) is 37.7 Å². The van der Waals surface area contributed by atoms with Crippen LogP contribution in [0.15, 0.2) is 41.7 Å². The van der Waals surface area contributed by atoms with Crippen LogP contribution in [-0.2, 0) is 16.0 Å². The Morgan fingerprint density at radius 1 is 1.27 bits per heavy atom. The number of benzene rings is 1. The molecule has 1 aromatic rings. The molecule has 4 heteroatoms. The van der Waals surface area contributed by atoms with Crippen molar-refractivity contribution in [2.75, 3.05) is 6.61 Å². The predicted molar refractivity (Wildman–Crippen MR) is 82.8 cm³/mol. The van der Waals surface area contributed by atoms with Crippen LogP contribution in [0, 0.1) is 11.3 Å². The molecule has 1 unspecified atom stereocenters. The first-order chi connectivity index (χ1) is 10.7. The summed E-state index contributed by atoms with van der Waals surface area (Å²) in [4.78, 5) is 12.1. The van der Waals surface area contributed by atoms with E-state index < -0.39 is 6.10 Å². The Kier molecular flexibility index (Phi) is 6.17. The molecule has 0 spiro atoms. The maximum absolute atomic E-state index is 12.1. The topological polar surface area (TPSA) is 70.3 Å². The van der Waals surface area contributed by atoms with Crippen molar-refractivity contribution < 1.29 is 14.6 Å². The lowest BCUT2D eigenvalue weighted by Gasteiger charge is -2.24. The Morgan fingerprint density at radius 3 is 2.77 bits per heavy atom. The van der Waals surface area contributed by atoms with Crippen molar-refractivity contribution in [2.45, 2.75) is 44.6 Å². The molecule has 0 aliphatic heterocycles. The lowest BCUT2D eigenvalue weighted by atomic mass is 9.90. The summed E-state index contributed by atoms with van der Waals surface area (Å²) in [6, 6.07) is 12.1. The third-order valence-corrected chi connectivity index (χ3v) is 3.79. The first kappa shape index (κ1) is 16.3. The number of hydrogen-bond donors (Lipinski definition) is 1. The summed E-state index contributed by atoms with van der Waals surface area (Å²) >= 11 is 0. The van der Waals surface area contributed by atoms with Gasteiger partial charge in [-0.05, 0) is 31.2 Å². The molecule has 0 amide bonds. The number of Topliss-reactive ketones (excluding diaryl/α,β-unsaturated/α-hetero) is 1. The van der Waals surface area contributed by atoms with Crippen LogP contribution in [-0.4, -0.2) is 23.6 Å². The van der Waals surface area contributed by atoms with Crippen molar-refractivity contribution in [1.29, 1.82) is 5.26 Å². The molecule has 0 saturated heterocycles. The van der Waals surface area contributed by atoms with Gasteiger partial charge in [0.05, 0.1) is 12.5 Å². The summed E-state index contributed by atoms with van der Waals surface area (Å²) in [5.41, 5.74) is 1.84. The fourth-order valence-corrected chi connectivity index (χ4v) is 2.65. The van der Waals surface area contributed by atoms with Crippen LogP contribution in [0.4, 0.5) is 0 Å². The quantitative estimate of drug-likeness (QED) is 0.786. The van der Waals surface area contributed by atoms with Gasteiger partial charge in [-0.1, -0.05) is 30.3 Å². The fourth-order valence-electron chi connectivity index (χ4n) is 2.65. The lowest BCUT2D eigenvalue weighted by molar-refractivity contribution is -0.117.